The number of halogens is 1. The van der Waals surface area contributed by atoms with Crippen LogP contribution in [0, 0.1) is 5.41 Å². The second-order valence-electron chi connectivity index (χ2n) is 5.35. The van der Waals surface area contributed by atoms with Gasteiger partial charge in [0.05, 0.1) is 9.20 Å². The number of ketones is 1. The van der Waals surface area contributed by atoms with E-state index in [0.717, 1.165) is 9.35 Å². The first kappa shape index (κ1) is 15.4. The van der Waals surface area contributed by atoms with Crippen LogP contribution in [0.25, 0.3) is 12.2 Å². The van der Waals surface area contributed by atoms with Gasteiger partial charge in [-0.2, -0.15) is 0 Å². The van der Waals surface area contributed by atoms with E-state index in [1.165, 1.54) is 17.4 Å². The summed E-state index contributed by atoms with van der Waals surface area (Å²) in [6.07, 6.45) is 3.34. The Balaban J connectivity index is 2.45. The predicted octanol–water partition coefficient (Wildman–Crippen LogP) is 2.48. The van der Waals surface area contributed by atoms with Gasteiger partial charge in [-0.05, 0) is 28.1 Å². The Kier molecular flexibility index (Phi) is 4.46. The highest BCUT2D eigenvalue weighted by molar-refractivity contribution is 9.10. The molecule has 106 valence electrons. The number of hydrogen-bond donors (Lipinski definition) is 1. The molecule has 0 aromatic carbocycles. The highest BCUT2D eigenvalue weighted by Gasteiger charge is 2.18. The molecule has 0 aliphatic carbocycles. The lowest BCUT2D eigenvalue weighted by molar-refractivity contribution is -0.119. The summed E-state index contributed by atoms with van der Waals surface area (Å²) < 4.78 is 2.19. The lowest BCUT2D eigenvalue weighted by atomic mass is 9.91. The third kappa shape index (κ3) is 3.77. The van der Waals surface area contributed by atoms with Crippen molar-refractivity contribution in [1.29, 1.82) is 0 Å². The monoisotopic (exact) mass is 371 g/mol. The highest BCUT2D eigenvalue weighted by Crippen LogP contribution is 2.19. The van der Waals surface area contributed by atoms with Gasteiger partial charge in [-0.1, -0.05) is 20.8 Å². The van der Waals surface area contributed by atoms with Crippen LogP contribution in [-0.2, 0) is 4.79 Å². The molecule has 0 aliphatic heterocycles. The number of carbonyl (C=O) groups is 1. The predicted molar refractivity (Wildman–Crippen MR) is 88.7 cm³/mol. The first-order valence-corrected chi connectivity index (χ1v) is 8.46. The molecule has 0 saturated heterocycles. The molecule has 20 heavy (non-hydrogen) atoms. The van der Waals surface area contributed by atoms with Crippen molar-refractivity contribution in [3.05, 3.63) is 40.3 Å². The Bertz CT molecular complexity index is 805. The van der Waals surface area contributed by atoms with Crippen LogP contribution in [0.1, 0.15) is 25.6 Å². The van der Waals surface area contributed by atoms with E-state index in [0.29, 0.717) is 9.20 Å². The molecule has 2 aromatic rings. The van der Waals surface area contributed by atoms with Crippen molar-refractivity contribution >= 4 is 56.5 Å². The van der Waals surface area contributed by atoms with E-state index in [2.05, 4.69) is 20.9 Å². The minimum Gasteiger partial charge on any atom is -0.313 e. The molecule has 2 aromatic heterocycles. The van der Waals surface area contributed by atoms with E-state index in [4.69, 9.17) is 0 Å². The smallest absolute Gasteiger partial charge is 0.266 e. The maximum absolute atomic E-state index is 11.9. The zero-order chi connectivity index (χ0) is 14.9. The molecule has 1 N–H and O–H groups in total. The van der Waals surface area contributed by atoms with Crippen LogP contribution in [0.4, 0.5) is 0 Å². The number of H-pyrrole nitrogens is 1. The number of carbonyl (C=O) groups excluding carboxylic acids is 1. The van der Waals surface area contributed by atoms with Crippen molar-refractivity contribution in [3.8, 4) is 0 Å². The molecule has 0 atom stereocenters. The number of aromatic amines is 1. The molecule has 0 amide bonds. The van der Waals surface area contributed by atoms with E-state index < -0.39 is 5.41 Å². The van der Waals surface area contributed by atoms with E-state index in [1.54, 1.807) is 11.3 Å². The van der Waals surface area contributed by atoms with Gasteiger partial charge in [0, 0.05) is 26.2 Å². The summed E-state index contributed by atoms with van der Waals surface area (Å²) in [6, 6.07) is 1.95. The first-order valence-electron chi connectivity index (χ1n) is 5.97. The molecule has 0 bridgehead atoms. The van der Waals surface area contributed by atoms with Gasteiger partial charge in [0.1, 0.15) is 0 Å². The standard InChI is InChI=1S/C14H14BrNO2S2/c1-14(2,3)11(17)6-12-16-13(18)10(20-12)5-9-4-8(15)7-19-9/h4-7H,1-3H3,(H,16,18)/b10-5+,12-6+. The summed E-state index contributed by atoms with van der Waals surface area (Å²) in [5.74, 6) is 0.000387. The van der Waals surface area contributed by atoms with Gasteiger partial charge >= 0.3 is 0 Å². The molecule has 0 saturated carbocycles. The SMILES string of the molecule is CC(C)(C)C(=O)/C=c1\[nH]c(=O)/c(=C\c2cc(Br)cs2)s1. The largest absolute Gasteiger partial charge is 0.313 e. The van der Waals surface area contributed by atoms with Gasteiger partial charge in [-0.3, -0.25) is 9.59 Å². The minimum absolute atomic E-state index is 0.000387. The Labute approximate surface area is 132 Å². The van der Waals surface area contributed by atoms with Gasteiger partial charge in [-0.15, -0.1) is 22.7 Å². The average molecular weight is 372 g/mol. The molecule has 2 heterocycles. The fourth-order valence-corrected chi connectivity index (χ4v) is 3.72. The number of Topliss-reactive ketones (excluding diaryl/α,β-unsaturated/α-hetero) is 1. The molecule has 6 heteroatoms. The fraction of sp³-hybridized carbons (Fsp3) is 0.286. The Hall–Kier alpha value is -0.980. The number of rotatable bonds is 2. The average Bonchev–Trinajstić information content (AvgIpc) is 2.86. The minimum atomic E-state index is -0.441. The molecule has 0 radical (unpaired) electrons. The van der Waals surface area contributed by atoms with Crippen molar-refractivity contribution in [1.82, 2.24) is 4.98 Å². The number of aromatic nitrogens is 1. The van der Waals surface area contributed by atoms with E-state index in [9.17, 15) is 9.59 Å². The summed E-state index contributed by atoms with van der Waals surface area (Å²) in [6.45, 7) is 5.56. The summed E-state index contributed by atoms with van der Waals surface area (Å²) in [5, 5.41) is 1.96. The molecule has 0 fully saturated rings. The Morgan fingerprint density at radius 1 is 1.40 bits per heavy atom. The van der Waals surface area contributed by atoms with Crippen molar-refractivity contribution < 1.29 is 4.79 Å². The van der Waals surface area contributed by atoms with Crippen molar-refractivity contribution in [2.24, 2.45) is 5.41 Å². The number of thiophene rings is 1. The van der Waals surface area contributed by atoms with Crippen LogP contribution in [0.2, 0.25) is 0 Å². The van der Waals surface area contributed by atoms with Crippen LogP contribution in [0.3, 0.4) is 0 Å². The van der Waals surface area contributed by atoms with Crippen molar-refractivity contribution in [3.63, 3.8) is 0 Å². The van der Waals surface area contributed by atoms with Crippen LogP contribution >= 0.6 is 38.6 Å². The van der Waals surface area contributed by atoms with Crippen molar-refractivity contribution in [2.75, 3.05) is 0 Å². The van der Waals surface area contributed by atoms with Crippen LogP contribution in [0.15, 0.2) is 20.7 Å². The van der Waals surface area contributed by atoms with Gasteiger partial charge in [0.2, 0.25) is 0 Å². The maximum Gasteiger partial charge on any atom is 0.266 e. The zero-order valence-electron chi connectivity index (χ0n) is 11.3. The summed E-state index contributed by atoms with van der Waals surface area (Å²) in [5.41, 5.74) is -0.601. The zero-order valence-corrected chi connectivity index (χ0v) is 14.5. The quantitative estimate of drug-likeness (QED) is 0.881. The molecule has 2 rings (SSSR count). The van der Waals surface area contributed by atoms with Gasteiger partial charge in [0.25, 0.3) is 5.56 Å². The van der Waals surface area contributed by atoms with Crippen molar-refractivity contribution in [2.45, 2.75) is 20.8 Å². The van der Waals surface area contributed by atoms with Crippen LogP contribution < -0.4 is 14.8 Å². The molecule has 0 unspecified atom stereocenters. The summed E-state index contributed by atoms with van der Waals surface area (Å²) in [4.78, 5) is 27.5. The second-order valence-corrected chi connectivity index (χ2v) is 8.30. The molecular weight excluding hydrogens is 358 g/mol. The van der Waals surface area contributed by atoms with Crippen LogP contribution in [-0.4, -0.2) is 10.8 Å². The highest BCUT2D eigenvalue weighted by atomic mass is 79.9. The Morgan fingerprint density at radius 2 is 2.10 bits per heavy atom. The fourth-order valence-electron chi connectivity index (χ4n) is 1.39. The number of thiazole rings is 1. The number of hydrogen-bond acceptors (Lipinski definition) is 4. The lowest BCUT2D eigenvalue weighted by Gasteiger charge is -2.12. The van der Waals surface area contributed by atoms with Crippen LogP contribution in [0.5, 0.6) is 0 Å². The molecule has 3 nitrogen and oxygen atoms in total. The Morgan fingerprint density at radius 3 is 2.65 bits per heavy atom. The normalized spacial score (nSPS) is 14.0. The van der Waals surface area contributed by atoms with E-state index in [1.807, 2.05) is 38.3 Å². The van der Waals surface area contributed by atoms with Gasteiger partial charge < -0.3 is 4.98 Å². The third-order valence-electron chi connectivity index (χ3n) is 2.54. The summed E-state index contributed by atoms with van der Waals surface area (Å²) in [7, 11) is 0. The molecule has 0 aliphatic rings. The second kappa shape index (κ2) is 5.79. The van der Waals surface area contributed by atoms with E-state index >= 15 is 0 Å². The summed E-state index contributed by atoms with van der Waals surface area (Å²) >= 11 is 6.24. The van der Waals surface area contributed by atoms with Gasteiger partial charge in [-0.25, -0.2) is 0 Å². The molecule has 0 spiro atoms. The lowest BCUT2D eigenvalue weighted by Crippen LogP contribution is -2.21. The maximum atomic E-state index is 11.9. The topological polar surface area (TPSA) is 49.9 Å². The third-order valence-corrected chi connectivity index (χ3v) is 5.15. The van der Waals surface area contributed by atoms with Gasteiger partial charge in [0.15, 0.2) is 5.78 Å². The van der Waals surface area contributed by atoms with E-state index in [-0.39, 0.29) is 11.3 Å². The number of nitrogens with one attached hydrogen (secondary N) is 1. The first-order chi connectivity index (χ1) is 9.25. The molecular formula is C14H14BrNO2S2.